The zero-order valence-corrected chi connectivity index (χ0v) is 78.3. The predicted octanol–water partition coefficient (Wildman–Crippen LogP) is 30.6. The number of hydrogen-bond donors (Lipinski definition) is 4. The van der Waals surface area contributed by atoms with Gasteiger partial charge in [-0.2, -0.15) is 0 Å². The van der Waals surface area contributed by atoms with Crippen LogP contribution in [-0.2, 0) is 55.8 Å². The van der Waals surface area contributed by atoms with Gasteiger partial charge in [-0.05, 0) is 109 Å². The van der Waals surface area contributed by atoms with Crippen molar-refractivity contribution in [2.45, 2.75) is 476 Å². The van der Waals surface area contributed by atoms with Crippen LogP contribution in [0.5, 0.6) is 0 Å². The summed E-state index contributed by atoms with van der Waals surface area (Å²) in [6.07, 6.45) is 115. The summed E-state index contributed by atoms with van der Waals surface area (Å²) in [5, 5.41) is 20.7. The van der Waals surface area contributed by atoms with Gasteiger partial charge in [-0.15, -0.1) is 0 Å². The van der Waals surface area contributed by atoms with Crippen molar-refractivity contribution in [2.75, 3.05) is 39.6 Å². The largest absolute Gasteiger partial charge is 0.472 e. The summed E-state index contributed by atoms with van der Waals surface area (Å²) in [4.78, 5) is 58.9. The standard InChI is InChI=1S/C101H182O16P2/c1-4-7-10-13-16-19-22-25-27-29-31-33-35-37-39-41-43-45-47-49-51-53-55-57-59-61-63-65-67-70-72-75-78-81-84-87-99(104)111-90-96(102)91-113-118(107,108)114-92-97(103)93-115-119(109,110)116-95-98(117-101(106)89-86-83-80-77-74-69-24-21-18-15-12-9-6-3)94-112-100(105)88-85-82-79-76-73-71-68-66-64-62-60-58-56-54-52-50-48-46-44-42-40-38-36-34-32-30-28-26-23-20-17-14-11-8-5-2/h7,10,16-17,19-20,25-28,31-34,37-40,96-98,102-103H,4-6,8-9,11-15,18,21-24,29-30,35-36,41-95H2,1-3H3,(H,107,108)(H,109,110)/b10-7-,19-16-,20-17-,27-25-,28-26-,33-31-,34-32-,39-37-,40-38-. The minimum atomic E-state index is -4.93. The van der Waals surface area contributed by atoms with Gasteiger partial charge in [0.1, 0.15) is 25.4 Å². The van der Waals surface area contributed by atoms with Crippen molar-refractivity contribution in [3.05, 3.63) is 109 Å². The topological polar surface area (TPSA) is 231 Å². The molecular formula is C101H182O16P2. The minimum absolute atomic E-state index is 0.111. The maximum absolute atomic E-state index is 13.0. The van der Waals surface area contributed by atoms with E-state index >= 15 is 0 Å². The molecule has 0 heterocycles. The molecule has 0 radical (unpaired) electrons. The monoisotopic (exact) mass is 1710 g/mol. The van der Waals surface area contributed by atoms with E-state index in [0.29, 0.717) is 19.3 Å². The molecule has 16 nitrogen and oxygen atoms in total. The molecule has 0 saturated carbocycles. The SMILES string of the molecule is CC/C=C\C/C=C\C/C=C\C/C=C\C/C=C\CCCCCCCCCCCCCCCCCCCCCC(=O)OCC(O)COP(=O)(O)OCC(O)COP(=O)(O)OCC(COC(=O)CCCCCCCCCCCCCCCCCCCCC/C=C\C/C=C\C/C=C\C/C=C\CCCCC)OC(=O)CCCCCCCCCCCCCCC. The first-order chi connectivity index (χ1) is 58.2. The third-order valence-electron chi connectivity index (χ3n) is 21.5. The molecule has 0 aliphatic rings. The van der Waals surface area contributed by atoms with E-state index in [1.165, 1.54) is 283 Å². The zero-order chi connectivity index (χ0) is 86.5. The highest BCUT2D eigenvalue weighted by molar-refractivity contribution is 7.47. The molecule has 0 aliphatic heterocycles. The zero-order valence-electron chi connectivity index (χ0n) is 76.5. The second-order valence-corrected chi connectivity index (χ2v) is 36.1. The van der Waals surface area contributed by atoms with Gasteiger partial charge >= 0.3 is 33.6 Å². The smallest absolute Gasteiger partial charge is 0.463 e. The number of carbonyl (C=O) groups is 3. The van der Waals surface area contributed by atoms with Crippen LogP contribution in [0.15, 0.2) is 109 Å². The van der Waals surface area contributed by atoms with E-state index in [2.05, 4.69) is 130 Å². The van der Waals surface area contributed by atoms with Crippen molar-refractivity contribution in [3.8, 4) is 0 Å². The molecule has 0 saturated heterocycles. The van der Waals surface area contributed by atoms with E-state index < -0.39 is 91.5 Å². The molecule has 0 amide bonds. The molecule has 0 spiro atoms. The van der Waals surface area contributed by atoms with E-state index in [0.717, 1.165) is 116 Å². The summed E-state index contributed by atoms with van der Waals surface area (Å²) in [6.45, 7) is 2.63. The summed E-state index contributed by atoms with van der Waals surface area (Å²) in [5.41, 5.74) is 0. The van der Waals surface area contributed by atoms with Gasteiger partial charge in [0.05, 0.1) is 26.4 Å². The van der Waals surface area contributed by atoms with Crippen molar-refractivity contribution in [1.82, 2.24) is 0 Å². The van der Waals surface area contributed by atoms with E-state index in [9.17, 15) is 43.5 Å². The third kappa shape index (κ3) is 94.7. The van der Waals surface area contributed by atoms with Crippen LogP contribution in [0, 0.1) is 0 Å². The number of esters is 3. The lowest BCUT2D eigenvalue weighted by Gasteiger charge is -2.21. The fourth-order valence-corrected chi connectivity index (χ4v) is 15.6. The highest BCUT2D eigenvalue weighted by atomic mass is 31.2. The Bertz CT molecular complexity index is 2590. The highest BCUT2D eigenvalue weighted by Gasteiger charge is 2.30. The summed E-state index contributed by atoms with van der Waals surface area (Å²) >= 11 is 0. The molecule has 692 valence electrons. The van der Waals surface area contributed by atoms with Gasteiger partial charge in [0, 0.05) is 19.3 Å². The molecule has 0 aromatic rings. The molecule has 0 fully saturated rings. The number of phosphoric ester groups is 2. The van der Waals surface area contributed by atoms with E-state index in [-0.39, 0.29) is 19.3 Å². The summed E-state index contributed by atoms with van der Waals surface area (Å²) in [5.74, 6) is -1.54. The molecule has 0 aliphatic carbocycles. The molecule has 119 heavy (non-hydrogen) atoms. The van der Waals surface area contributed by atoms with Crippen LogP contribution in [0.2, 0.25) is 0 Å². The molecule has 0 rings (SSSR count). The highest BCUT2D eigenvalue weighted by Crippen LogP contribution is 2.45. The van der Waals surface area contributed by atoms with Crippen LogP contribution in [0.25, 0.3) is 0 Å². The third-order valence-corrected chi connectivity index (χ3v) is 23.4. The molecule has 5 atom stereocenters. The van der Waals surface area contributed by atoms with E-state index in [1.54, 1.807) is 0 Å². The Kier molecular flexibility index (Phi) is 90.4. The molecule has 0 aromatic heterocycles. The van der Waals surface area contributed by atoms with Gasteiger partial charge in [-0.1, -0.05) is 438 Å². The van der Waals surface area contributed by atoms with Gasteiger partial charge < -0.3 is 34.2 Å². The summed E-state index contributed by atoms with van der Waals surface area (Å²) < 4.78 is 61.5. The van der Waals surface area contributed by atoms with Gasteiger partial charge in [0.2, 0.25) is 0 Å². The van der Waals surface area contributed by atoms with E-state index in [4.69, 9.17) is 32.3 Å². The Labute approximate surface area is 730 Å². The number of carbonyl (C=O) groups excluding carboxylic acids is 3. The lowest BCUT2D eigenvalue weighted by molar-refractivity contribution is -0.161. The Balaban J connectivity index is 4.32. The van der Waals surface area contributed by atoms with Crippen LogP contribution >= 0.6 is 15.6 Å². The normalized spacial score (nSPS) is 14.2. The summed E-state index contributed by atoms with van der Waals surface area (Å²) in [6, 6.07) is 0. The second-order valence-electron chi connectivity index (χ2n) is 33.2. The maximum Gasteiger partial charge on any atom is 0.472 e. The number of hydrogen-bond acceptors (Lipinski definition) is 14. The van der Waals surface area contributed by atoms with Crippen LogP contribution in [0.3, 0.4) is 0 Å². The van der Waals surface area contributed by atoms with Gasteiger partial charge in [0.25, 0.3) is 0 Å². The average molecular weight is 1710 g/mol. The Morgan fingerprint density at radius 3 is 0.723 bits per heavy atom. The number of allylic oxidation sites excluding steroid dienone is 18. The maximum atomic E-state index is 13.0. The lowest BCUT2D eigenvalue weighted by atomic mass is 10.0. The number of aliphatic hydroxyl groups is 2. The van der Waals surface area contributed by atoms with E-state index in [1.807, 2.05) is 0 Å². The summed E-state index contributed by atoms with van der Waals surface area (Å²) in [7, 11) is -9.79. The number of rotatable bonds is 94. The first-order valence-corrected chi connectivity index (χ1v) is 52.2. The molecule has 5 unspecified atom stereocenters. The number of unbranched alkanes of at least 4 members (excludes halogenated alkanes) is 53. The van der Waals surface area contributed by atoms with Crippen LogP contribution in [0.4, 0.5) is 0 Å². The first-order valence-electron chi connectivity index (χ1n) is 49.2. The van der Waals surface area contributed by atoms with Crippen LogP contribution in [-0.4, -0.2) is 95.9 Å². The molecule has 0 bridgehead atoms. The van der Waals surface area contributed by atoms with Crippen molar-refractivity contribution in [1.29, 1.82) is 0 Å². The van der Waals surface area contributed by atoms with Crippen LogP contribution in [0.1, 0.15) is 457 Å². The van der Waals surface area contributed by atoms with Crippen LogP contribution < -0.4 is 0 Å². The second kappa shape index (κ2) is 93.4. The van der Waals surface area contributed by atoms with Gasteiger partial charge in [-0.3, -0.25) is 32.5 Å². The molecule has 0 aromatic carbocycles. The minimum Gasteiger partial charge on any atom is -0.463 e. The lowest BCUT2D eigenvalue weighted by Crippen LogP contribution is -2.30. The van der Waals surface area contributed by atoms with Gasteiger partial charge in [-0.25, -0.2) is 9.13 Å². The number of ether oxygens (including phenoxy) is 3. The van der Waals surface area contributed by atoms with Crippen molar-refractivity contribution in [2.24, 2.45) is 0 Å². The molecular weight excluding hydrogens is 1530 g/mol. The van der Waals surface area contributed by atoms with Crippen molar-refractivity contribution < 1.29 is 75.8 Å². The first kappa shape index (κ1) is 115. The molecule has 18 heteroatoms. The Hall–Kier alpha value is -3.79. The van der Waals surface area contributed by atoms with Crippen molar-refractivity contribution >= 4 is 33.6 Å². The predicted molar refractivity (Wildman–Crippen MR) is 501 cm³/mol. The fourth-order valence-electron chi connectivity index (χ4n) is 14.1. The Morgan fingerprint density at radius 2 is 0.445 bits per heavy atom. The fraction of sp³-hybridized carbons (Fsp3) is 0.792. The number of phosphoric acid groups is 2. The number of aliphatic hydroxyl groups excluding tert-OH is 2. The van der Waals surface area contributed by atoms with Gasteiger partial charge in [0.15, 0.2) is 6.10 Å². The quantitative estimate of drug-likeness (QED) is 0.0146. The molecule has 4 N–H and O–H groups in total. The van der Waals surface area contributed by atoms with Crippen molar-refractivity contribution in [3.63, 3.8) is 0 Å². The average Bonchev–Trinajstić information content (AvgIpc) is 0.893. The Morgan fingerprint density at radius 1 is 0.244 bits per heavy atom.